The summed E-state index contributed by atoms with van der Waals surface area (Å²) >= 11 is 0. The number of nitrogens with one attached hydrogen (secondary N) is 2. The summed E-state index contributed by atoms with van der Waals surface area (Å²) in [6.07, 6.45) is 3.74. The summed E-state index contributed by atoms with van der Waals surface area (Å²) in [5, 5.41) is 15.0. The number of nitrogens with zero attached hydrogens (tertiary/aromatic N) is 1. The maximum atomic E-state index is 13.2. The Kier molecular flexibility index (Phi) is 8.53. The number of hydrogen-bond donors (Lipinski definition) is 3. The van der Waals surface area contributed by atoms with Crippen molar-refractivity contribution >= 4 is 17.8 Å². The number of aromatic nitrogens is 1. The standard InChI is InChI=1S/C28H30FN3O4/c1-18(27(35)36)15-24(26(34)32-28(2,3)16-19-6-12-23(29)13-7-19)31-25(33)21-10-8-20(9-11-21)22-5-4-14-30-17-22/h4-14,17-18,24H,15-16H2,1-3H3,(H,31,33)(H,32,34)(H,35,36)/t18-,24-/m0/s1. The van der Waals surface area contributed by atoms with E-state index in [0.29, 0.717) is 12.0 Å². The number of pyridine rings is 1. The van der Waals surface area contributed by atoms with Crippen LogP contribution >= 0.6 is 0 Å². The minimum atomic E-state index is -1.06. The summed E-state index contributed by atoms with van der Waals surface area (Å²) < 4.78 is 13.2. The zero-order valence-electron chi connectivity index (χ0n) is 20.5. The maximum Gasteiger partial charge on any atom is 0.306 e. The molecular weight excluding hydrogens is 461 g/mol. The summed E-state index contributed by atoms with van der Waals surface area (Å²) in [7, 11) is 0. The van der Waals surface area contributed by atoms with Crippen molar-refractivity contribution in [1.82, 2.24) is 15.6 Å². The first kappa shape index (κ1) is 26.5. The molecular formula is C28H30FN3O4. The van der Waals surface area contributed by atoms with Crippen molar-refractivity contribution < 1.29 is 23.9 Å². The van der Waals surface area contributed by atoms with Crippen LogP contribution in [0.2, 0.25) is 0 Å². The molecule has 7 nitrogen and oxygen atoms in total. The highest BCUT2D eigenvalue weighted by atomic mass is 19.1. The molecule has 0 aliphatic rings. The zero-order chi connectivity index (χ0) is 26.3. The quantitative estimate of drug-likeness (QED) is 0.393. The lowest BCUT2D eigenvalue weighted by Gasteiger charge is -2.30. The van der Waals surface area contributed by atoms with E-state index in [1.165, 1.54) is 19.1 Å². The van der Waals surface area contributed by atoms with Gasteiger partial charge < -0.3 is 15.7 Å². The average Bonchev–Trinajstić information content (AvgIpc) is 2.85. The predicted molar refractivity (Wildman–Crippen MR) is 135 cm³/mol. The predicted octanol–water partition coefficient (Wildman–Crippen LogP) is 4.23. The summed E-state index contributed by atoms with van der Waals surface area (Å²) in [5.41, 5.74) is 2.23. The van der Waals surface area contributed by atoms with Crippen LogP contribution in [0.4, 0.5) is 4.39 Å². The Balaban J connectivity index is 1.72. The van der Waals surface area contributed by atoms with Gasteiger partial charge in [0.1, 0.15) is 11.9 Å². The van der Waals surface area contributed by atoms with Gasteiger partial charge in [-0.25, -0.2) is 4.39 Å². The Morgan fingerprint density at radius 2 is 1.67 bits per heavy atom. The fraction of sp³-hybridized carbons (Fsp3) is 0.286. The van der Waals surface area contributed by atoms with Crippen molar-refractivity contribution in [3.05, 3.63) is 90.0 Å². The first-order valence-electron chi connectivity index (χ1n) is 11.6. The second kappa shape index (κ2) is 11.6. The molecule has 2 amide bonds. The highest BCUT2D eigenvalue weighted by molar-refractivity contribution is 5.98. The van der Waals surface area contributed by atoms with E-state index in [1.54, 1.807) is 48.8 Å². The molecule has 0 saturated carbocycles. The van der Waals surface area contributed by atoms with E-state index in [0.717, 1.165) is 16.7 Å². The van der Waals surface area contributed by atoms with E-state index >= 15 is 0 Å². The Morgan fingerprint density at radius 3 is 2.25 bits per heavy atom. The van der Waals surface area contributed by atoms with Gasteiger partial charge in [0, 0.05) is 23.5 Å². The Labute approximate surface area is 209 Å². The van der Waals surface area contributed by atoms with Gasteiger partial charge in [0.25, 0.3) is 5.91 Å². The summed E-state index contributed by atoms with van der Waals surface area (Å²) in [6, 6.07) is 15.5. The molecule has 0 radical (unpaired) electrons. The molecule has 1 aromatic heterocycles. The van der Waals surface area contributed by atoms with E-state index in [2.05, 4.69) is 15.6 Å². The van der Waals surface area contributed by atoms with Gasteiger partial charge in [-0.15, -0.1) is 0 Å². The van der Waals surface area contributed by atoms with Crippen LogP contribution in [0.25, 0.3) is 11.1 Å². The molecule has 0 bridgehead atoms. The van der Waals surface area contributed by atoms with Crippen molar-refractivity contribution in [2.24, 2.45) is 5.92 Å². The number of halogens is 1. The first-order valence-corrected chi connectivity index (χ1v) is 11.6. The molecule has 0 unspecified atom stereocenters. The summed E-state index contributed by atoms with van der Waals surface area (Å²) in [4.78, 5) is 41.7. The number of hydrogen-bond acceptors (Lipinski definition) is 4. The van der Waals surface area contributed by atoms with Gasteiger partial charge in [-0.1, -0.05) is 37.3 Å². The lowest BCUT2D eigenvalue weighted by molar-refractivity contribution is -0.141. The van der Waals surface area contributed by atoms with E-state index in [-0.39, 0.29) is 12.2 Å². The highest BCUT2D eigenvalue weighted by Gasteiger charge is 2.30. The molecule has 0 aliphatic carbocycles. The number of carboxylic acid groups (broad SMARTS) is 1. The summed E-state index contributed by atoms with van der Waals surface area (Å²) in [5.74, 6) is -3.24. The van der Waals surface area contributed by atoms with Gasteiger partial charge >= 0.3 is 5.97 Å². The zero-order valence-corrected chi connectivity index (χ0v) is 20.5. The van der Waals surface area contributed by atoms with Gasteiger partial charge in [-0.3, -0.25) is 19.4 Å². The second-order valence-corrected chi connectivity index (χ2v) is 9.50. The van der Waals surface area contributed by atoms with Gasteiger partial charge in [0.2, 0.25) is 5.91 Å². The van der Waals surface area contributed by atoms with Crippen molar-refractivity contribution in [2.45, 2.75) is 45.2 Å². The van der Waals surface area contributed by atoms with Crippen molar-refractivity contribution in [3.8, 4) is 11.1 Å². The third-order valence-corrected chi connectivity index (χ3v) is 5.80. The molecule has 0 saturated heterocycles. The third-order valence-electron chi connectivity index (χ3n) is 5.80. The minimum absolute atomic E-state index is 0.0761. The molecule has 3 aromatic rings. The lowest BCUT2D eigenvalue weighted by Crippen LogP contribution is -2.54. The molecule has 1 heterocycles. The number of aliphatic carboxylic acids is 1. The first-order chi connectivity index (χ1) is 17.0. The number of benzene rings is 2. The van der Waals surface area contributed by atoms with Crippen LogP contribution in [0.1, 0.15) is 43.1 Å². The minimum Gasteiger partial charge on any atom is -0.481 e. The average molecular weight is 492 g/mol. The summed E-state index contributed by atoms with van der Waals surface area (Å²) in [6.45, 7) is 5.11. The number of carbonyl (C=O) groups is 3. The van der Waals surface area contributed by atoms with Crippen LogP contribution < -0.4 is 10.6 Å². The SMILES string of the molecule is C[C@@H](C[C@H](NC(=O)c1ccc(-c2cccnc2)cc1)C(=O)NC(C)(C)Cc1ccc(F)cc1)C(=O)O. The topological polar surface area (TPSA) is 108 Å². The molecule has 36 heavy (non-hydrogen) atoms. The van der Waals surface area contributed by atoms with Crippen LogP contribution in [0, 0.1) is 11.7 Å². The normalized spacial score (nSPS) is 12.9. The molecule has 8 heteroatoms. The van der Waals surface area contributed by atoms with Gasteiger partial charge in [-0.05, 0) is 73.7 Å². The molecule has 0 aliphatic heterocycles. The Hall–Kier alpha value is -4.07. The fourth-order valence-corrected chi connectivity index (χ4v) is 3.85. The molecule has 2 atom stereocenters. The molecule has 2 aromatic carbocycles. The second-order valence-electron chi connectivity index (χ2n) is 9.50. The van der Waals surface area contributed by atoms with Crippen LogP contribution in [0.5, 0.6) is 0 Å². The van der Waals surface area contributed by atoms with Crippen LogP contribution in [-0.4, -0.2) is 39.5 Å². The molecule has 3 N–H and O–H groups in total. The van der Waals surface area contributed by atoms with Gasteiger partial charge in [-0.2, -0.15) is 0 Å². The number of carboxylic acids is 1. The number of amides is 2. The van der Waals surface area contributed by atoms with Crippen molar-refractivity contribution in [3.63, 3.8) is 0 Å². The smallest absolute Gasteiger partial charge is 0.306 e. The number of carbonyl (C=O) groups excluding carboxylic acids is 2. The van der Waals surface area contributed by atoms with Gasteiger partial charge in [0.15, 0.2) is 0 Å². The molecule has 188 valence electrons. The van der Waals surface area contributed by atoms with Gasteiger partial charge in [0.05, 0.1) is 5.92 Å². The highest BCUT2D eigenvalue weighted by Crippen LogP contribution is 2.19. The van der Waals surface area contributed by atoms with Crippen LogP contribution in [0.3, 0.4) is 0 Å². The monoisotopic (exact) mass is 491 g/mol. The molecule has 0 spiro atoms. The van der Waals surface area contributed by atoms with E-state index in [1.807, 2.05) is 26.0 Å². The van der Waals surface area contributed by atoms with Crippen LogP contribution in [0.15, 0.2) is 73.1 Å². The van der Waals surface area contributed by atoms with Crippen LogP contribution in [-0.2, 0) is 16.0 Å². The third kappa shape index (κ3) is 7.46. The maximum absolute atomic E-state index is 13.2. The Morgan fingerprint density at radius 1 is 1.00 bits per heavy atom. The largest absolute Gasteiger partial charge is 0.481 e. The van der Waals surface area contributed by atoms with Crippen molar-refractivity contribution in [2.75, 3.05) is 0 Å². The van der Waals surface area contributed by atoms with Crippen molar-refractivity contribution in [1.29, 1.82) is 0 Å². The van der Waals surface area contributed by atoms with E-state index < -0.39 is 35.3 Å². The number of rotatable bonds is 10. The lowest BCUT2D eigenvalue weighted by atomic mass is 9.93. The Bertz CT molecular complexity index is 1200. The van der Waals surface area contributed by atoms with E-state index in [9.17, 15) is 23.9 Å². The van der Waals surface area contributed by atoms with E-state index in [4.69, 9.17) is 0 Å². The molecule has 0 fully saturated rings. The molecule has 3 rings (SSSR count). The fourth-order valence-electron chi connectivity index (χ4n) is 3.85.